The first-order chi connectivity index (χ1) is 6.73. The molecular formula is C10H22N2O2S. The largest absolute Gasteiger partial charge is 0.313 e. The molecule has 1 atom stereocenters. The number of nitrogens with one attached hydrogen (secondary N) is 1. The third-order valence-corrected chi connectivity index (χ3v) is 5.14. The molecule has 1 unspecified atom stereocenters. The lowest BCUT2D eigenvalue weighted by molar-refractivity contribution is 0.290. The van der Waals surface area contributed by atoms with Gasteiger partial charge in [0.1, 0.15) is 0 Å². The summed E-state index contributed by atoms with van der Waals surface area (Å²) >= 11 is 0. The molecular weight excluding hydrogens is 212 g/mol. The predicted molar refractivity (Wildman–Crippen MR) is 62.3 cm³/mol. The fraction of sp³-hybridized carbons (Fsp3) is 1.00. The van der Waals surface area contributed by atoms with Crippen LogP contribution in [-0.4, -0.2) is 43.6 Å². The zero-order chi connectivity index (χ0) is 11.7. The fourth-order valence-corrected chi connectivity index (χ4v) is 3.53. The average molecular weight is 234 g/mol. The van der Waals surface area contributed by atoms with Crippen molar-refractivity contribution < 1.29 is 8.42 Å². The summed E-state index contributed by atoms with van der Waals surface area (Å²) in [5.74, 6) is 0.223. The van der Waals surface area contributed by atoms with Crippen LogP contribution in [0, 0.1) is 0 Å². The summed E-state index contributed by atoms with van der Waals surface area (Å²) in [6, 6.07) is 0.139. The molecule has 0 aromatic carbocycles. The molecule has 0 amide bonds. The lowest BCUT2D eigenvalue weighted by Gasteiger charge is -2.31. The Hall–Kier alpha value is -0.130. The molecule has 0 radical (unpaired) electrons. The van der Waals surface area contributed by atoms with Gasteiger partial charge < -0.3 is 5.32 Å². The van der Waals surface area contributed by atoms with Gasteiger partial charge in [0.2, 0.25) is 10.0 Å². The summed E-state index contributed by atoms with van der Waals surface area (Å²) in [6.45, 7) is 6.67. The van der Waals surface area contributed by atoms with E-state index in [0.717, 1.165) is 19.4 Å². The lowest BCUT2D eigenvalue weighted by atomic mass is 10.1. The van der Waals surface area contributed by atoms with Gasteiger partial charge in [-0.25, -0.2) is 8.42 Å². The van der Waals surface area contributed by atoms with Crippen molar-refractivity contribution in [2.75, 3.05) is 19.3 Å². The van der Waals surface area contributed by atoms with Crippen LogP contribution in [0.3, 0.4) is 0 Å². The Morgan fingerprint density at radius 3 is 2.40 bits per heavy atom. The molecule has 0 spiro atoms. The van der Waals surface area contributed by atoms with Crippen molar-refractivity contribution in [2.45, 2.75) is 45.2 Å². The minimum atomic E-state index is -3.13. The Morgan fingerprint density at radius 2 is 2.00 bits per heavy atom. The van der Waals surface area contributed by atoms with Crippen LogP contribution < -0.4 is 5.32 Å². The van der Waals surface area contributed by atoms with E-state index in [1.807, 2.05) is 20.8 Å². The van der Waals surface area contributed by atoms with Gasteiger partial charge in [-0.2, -0.15) is 4.31 Å². The Labute approximate surface area is 93.1 Å². The second-order valence-electron chi connectivity index (χ2n) is 5.21. The number of rotatable bonds is 3. The second kappa shape index (κ2) is 4.39. The van der Waals surface area contributed by atoms with Gasteiger partial charge in [0.05, 0.1) is 5.75 Å². The number of hydrogen-bond donors (Lipinski definition) is 1. The Morgan fingerprint density at radius 1 is 1.40 bits per heavy atom. The van der Waals surface area contributed by atoms with E-state index < -0.39 is 10.0 Å². The Bertz CT molecular complexity index is 300. The van der Waals surface area contributed by atoms with Gasteiger partial charge in [-0.1, -0.05) is 0 Å². The van der Waals surface area contributed by atoms with Crippen LogP contribution in [0.25, 0.3) is 0 Å². The molecule has 90 valence electrons. The molecule has 0 aliphatic carbocycles. The maximum Gasteiger partial charge on any atom is 0.215 e. The van der Waals surface area contributed by atoms with E-state index in [0.29, 0.717) is 0 Å². The highest BCUT2D eigenvalue weighted by molar-refractivity contribution is 7.89. The summed E-state index contributed by atoms with van der Waals surface area (Å²) in [6.07, 6.45) is 2.05. The van der Waals surface area contributed by atoms with Crippen LogP contribution in [0.15, 0.2) is 0 Å². The van der Waals surface area contributed by atoms with Gasteiger partial charge in [-0.05, 0) is 40.2 Å². The van der Waals surface area contributed by atoms with Gasteiger partial charge in [0.25, 0.3) is 0 Å². The van der Waals surface area contributed by atoms with Crippen molar-refractivity contribution in [3.63, 3.8) is 0 Å². The highest BCUT2D eigenvalue weighted by Gasteiger charge is 2.31. The average Bonchev–Trinajstić information content (AvgIpc) is 2.53. The van der Waals surface area contributed by atoms with Crippen LogP contribution >= 0.6 is 0 Å². The van der Waals surface area contributed by atoms with Gasteiger partial charge in [0.15, 0.2) is 0 Å². The molecule has 0 aromatic heterocycles. The van der Waals surface area contributed by atoms with Crippen LogP contribution in [-0.2, 0) is 10.0 Å². The molecule has 4 nitrogen and oxygen atoms in total. The van der Waals surface area contributed by atoms with Crippen molar-refractivity contribution in [2.24, 2.45) is 0 Å². The molecule has 0 bridgehead atoms. The highest BCUT2D eigenvalue weighted by Crippen LogP contribution is 2.18. The minimum Gasteiger partial charge on any atom is -0.313 e. The van der Waals surface area contributed by atoms with Crippen LogP contribution in [0.2, 0.25) is 0 Å². The standard InChI is InChI=1S/C10H22N2O2S/c1-10(2,3)12(4)15(13,14)8-9-6-5-7-11-9/h9,11H,5-8H2,1-4H3. The van der Waals surface area contributed by atoms with E-state index in [1.165, 1.54) is 4.31 Å². The third-order valence-electron chi connectivity index (χ3n) is 2.94. The van der Waals surface area contributed by atoms with E-state index in [9.17, 15) is 8.42 Å². The molecule has 1 fully saturated rings. The first kappa shape index (κ1) is 12.9. The first-order valence-corrected chi connectivity index (χ1v) is 7.04. The van der Waals surface area contributed by atoms with Crippen molar-refractivity contribution >= 4 is 10.0 Å². The van der Waals surface area contributed by atoms with Crippen LogP contribution in [0.5, 0.6) is 0 Å². The van der Waals surface area contributed by atoms with Crippen molar-refractivity contribution in [3.05, 3.63) is 0 Å². The topological polar surface area (TPSA) is 49.4 Å². The minimum absolute atomic E-state index is 0.139. The van der Waals surface area contributed by atoms with E-state index in [1.54, 1.807) is 7.05 Å². The molecule has 15 heavy (non-hydrogen) atoms. The van der Waals surface area contributed by atoms with Gasteiger partial charge in [0, 0.05) is 18.6 Å². The summed E-state index contributed by atoms with van der Waals surface area (Å²) < 4.78 is 25.5. The quantitative estimate of drug-likeness (QED) is 0.786. The SMILES string of the molecule is CN(C(C)(C)C)S(=O)(=O)CC1CCCN1. The number of nitrogens with zero attached hydrogens (tertiary/aromatic N) is 1. The third kappa shape index (κ3) is 3.43. The fourth-order valence-electron chi connectivity index (χ4n) is 1.68. The second-order valence-corrected chi connectivity index (χ2v) is 7.26. The maximum atomic E-state index is 12.0. The summed E-state index contributed by atoms with van der Waals surface area (Å²) in [5.41, 5.74) is -0.336. The molecule has 1 N–H and O–H groups in total. The Kier molecular flexibility index (Phi) is 3.79. The number of hydrogen-bond acceptors (Lipinski definition) is 3. The van der Waals surface area contributed by atoms with Gasteiger partial charge in [-0.3, -0.25) is 0 Å². The lowest BCUT2D eigenvalue weighted by Crippen LogP contribution is -2.46. The van der Waals surface area contributed by atoms with E-state index in [2.05, 4.69) is 5.32 Å². The molecule has 5 heteroatoms. The van der Waals surface area contributed by atoms with E-state index in [-0.39, 0.29) is 17.3 Å². The van der Waals surface area contributed by atoms with Crippen molar-refractivity contribution in [3.8, 4) is 0 Å². The monoisotopic (exact) mass is 234 g/mol. The zero-order valence-electron chi connectivity index (χ0n) is 10.1. The number of sulfonamides is 1. The normalized spacial score (nSPS) is 23.7. The Balaban J connectivity index is 2.66. The predicted octanol–water partition coefficient (Wildman–Crippen LogP) is 0.798. The molecule has 1 heterocycles. The summed E-state index contributed by atoms with van der Waals surface area (Å²) in [7, 11) is -1.47. The maximum absolute atomic E-state index is 12.0. The molecule has 1 rings (SSSR count). The summed E-state index contributed by atoms with van der Waals surface area (Å²) in [4.78, 5) is 0. The molecule has 0 aromatic rings. The van der Waals surface area contributed by atoms with Crippen LogP contribution in [0.1, 0.15) is 33.6 Å². The van der Waals surface area contributed by atoms with Crippen LogP contribution in [0.4, 0.5) is 0 Å². The molecule has 0 saturated carbocycles. The summed E-state index contributed by atoms with van der Waals surface area (Å²) in [5, 5.41) is 3.21. The molecule has 1 aliphatic rings. The van der Waals surface area contributed by atoms with E-state index >= 15 is 0 Å². The zero-order valence-corrected chi connectivity index (χ0v) is 10.9. The molecule has 1 aliphatic heterocycles. The molecule has 1 saturated heterocycles. The van der Waals surface area contributed by atoms with Gasteiger partial charge in [-0.15, -0.1) is 0 Å². The van der Waals surface area contributed by atoms with E-state index in [4.69, 9.17) is 0 Å². The van der Waals surface area contributed by atoms with Crippen molar-refractivity contribution in [1.29, 1.82) is 0 Å². The van der Waals surface area contributed by atoms with Gasteiger partial charge >= 0.3 is 0 Å². The highest BCUT2D eigenvalue weighted by atomic mass is 32.2. The van der Waals surface area contributed by atoms with Crippen molar-refractivity contribution in [1.82, 2.24) is 9.62 Å². The smallest absolute Gasteiger partial charge is 0.215 e. The first-order valence-electron chi connectivity index (χ1n) is 5.43.